The van der Waals surface area contributed by atoms with Gasteiger partial charge >= 0.3 is 17.9 Å². The molecule has 0 spiro atoms. The molecule has 0 amide bonds. The Bertz CT molecular complexity index is 1050. The number of hydrogen-bond donors (Lipinski definition) is 1. The summed E-state index contributed by atoms with van der Waals surface area (Å²) < 4.78 is 22.8. The first-order chi connectivity index (χ1) is 29.6. The van der Waals surface area contributed by atoms with E-state index >= 15 is 0 Å². The van der Waals surface area contributed by atoms with E-state index in [9.17, 15) is 19.5 Å². The molecule has 1 N–H and O–H groups in total. The summed E-state index contributed by atoms with van der Waals surface area (Å²) in [7, 11) is 5.96. The molecule has 9 heteroatoms. The molecule has 2 atom stereocenters. The molecule has 0 aliphatic rings. The third-order valence-corrected chi connectivity index (χ3v) is 11.2. The molecule has 0 radical (unpaired) electrons. The van der Waals surface area contributed by atoms with Crippen molar-refractivity contribution in [1.82, 2.24) is 0 Å². The minimum atomic E-state index is -1.51. The molecular weight excluding hydrogens is 767 g/mol. The number of carboxylic acids is 1. The van der Waals surface area contributed by atoms with Gasteiger partial charge in [-0.15, -0.1) is 0 Å². The van der Waals surface area contributed by atoms with Gasteiger partial charge < -0.3 is 28.5 Å². The van der Waals surface area contributed by atoms with E-state index in [2.05, 4.69) is 38.2 Å². The average Bonchev–Trinajstić information content (AvgIpc) is 3.22. The number of rotatable bonds is 47. The lowest BCUT2D eigenvalue weighted by molar-refractivity contribution is -0.870. The molecule has 0 rings (SSSR count). The van der Waals surface area contributed by atoms with E-state index < -0.39 is 24.3 Å². The number of carbonyl (C=O) groups excluding carboxylic acids is 2. The van der Waals surface area contributed by atoms with Gasteiger partial charge in [0.05, 0.1) is 34.4 Å². The molecule has 61 heavy (non-hydrogen) atoms. The lowest BCUT2D eigenvalue weighted by Gasteiger charge is -2.25. The molecular formula is C52H98NO8+. The van der Waals surface area contributed by atoms with Crippen LogP contribution in [-0.4, -0.2) is 87.4 Å². The number of hydrogen-bond acceptors (Lipinski definition) is 7. The number of nitrogens with zero attached hydrogens (tertiary/aromatic N) is 1. The maximum atomic E-state index is 12.8. The van der Waals surface area contributed by atoms with Gasteiger partial charge in [0.25, 0.3) is 6.29 Å². The third kappa shape index (κ3) is 45.6. The van der Waals surface area contributed by atoms with Crippen LogP contribution < -0.4 is 0 Å². The summed E-state index contributed by atoms with van der Waals surface area (Å²) in [5.74, 6) is -2.00. The Morgan fingerprint density at radius 2 is 0.885 bits per heavy atom. The first kappa shape index (κ1) is 58.8. The summed E-state index contributed by atoms with van der Waals surface area (Å²) in [4.78, 5) is 37.3. The van der Waals surface area contributed by atoms with E-state index in [0.717, 1.165) is 51.4 Å². The zero-order valence-corrected chi connectivity index (χ0v) is 40.6. The van der Waals surface area contributed by atoms with E-state index in [1.54, 1.807) is 0 Å². The van der Waals surface area contributed by atoms with Gasteiger partial charge in [0, 0.05) is 12.8 Å². The van der Waals surface area contributed by atoms with Crippen LogP contribution >= 0.6 is 0 Å². The highest BCUT2D eigenvalue weighted by Gasteiger charge is 2.25. The summed E-state index contributed by atoms with van der Waals surface area (Å²) in [6.07, 6.45) is 46.6. The molecule has 0 heterocycles. The van der Waals surface area contributed by atoms with Gasteiger partial charge in [-0.25, -0.2) is 4.79 Å². The predicted octanol–water partition coefficient (Wildman–Crippen LogP) is 14.0. The molecule has 0 aromatic carbocycles. The summed E-state index contributed by atoms with van der Waals surface area (Å²) in [5, 5.41) is 9.66. The molecule has 0 saturated heterocycles. The van der Waals surface area contributed by atoms with Crippen molar-refractivity contribution in [3.05, 3.63) is 24.3 Å². The number of quaternary nitrogens is 1. The fourth-order valence-corrected chi connectivity index (χ4v) is 7.22. The van der Waals surface area contributed by atoms with Crippen molar-refractivity contribution in [2.45, 2.75) is 245 Å². The van der Waals surface area contributed by atoms with Crippen LogP contribution in [0.3, 0.4) is 0 Å². The Labute approximate surface area is 376 Å². The van der Waals surface area contributed by atoms with Crippen LogP contribution in [0.15, 0.2) is 24.3 Å². The lowest BCUT2D eigenvalue weighted by Crippen LogP contribution is -2.40. The molecule has 358 valence electrons. The highest BCUT2D eigenvalue weighted by molar-refractivity contribution is 5.71. The maximum absolute atomic E-state index is 12.8. The van der Waals surface area contributed by atoms with E-state index in [-0.39, 0.29) is 32.2 Å². The first-order valence-corrected chi connectivity index (χ1v) is 25.5. The standard InChI is InChI=1S/C52H97NO8/c1-6-8-10-12-14-16-18-20-22-24-25-27-29-31-33-35-37-39-41-43-50(55)61-48(47-60-52(51(56)57)58-45-44-53(3,4)5)46-59-49(54)42-40-38-36-34-32-30-28-26-23-21-19-17-15-13-11-9-7-2/h14,16,20,22,48,52H,6-13,15,17-19,21,23-47H2,1-5H3/p+1/b16-14-,22-20-. The number of carbonyl (C=O) groups is 3. The first-order valence-electron chi connectivity index (χ1n) is 25.5. The predicted molar refractivity (Wildman–Crippen MR) is 254 cm³/mol. The van der Waals surface area contributed by atoms with Crippen LogP contribution in [0, 0.1) is 0 Å². The summed E-state index contributed by atoms with van der Waals surface area (Å²) in [6.45, 7) is 4.88. The topological polar surface area (TPSA) is 108 Å². The smallest absolute Gasteiger partial charge is 0.361 e. The number of ether oxygens (including phenoxy) is 4. The number of unbranched alkanes of at least 4 members (excludes halogenated alkanes) is 28. The van der Waals surface area contributed by atoms with Gasteiger partial charge in [-0.3, -0.25) is 9.59 Å². The second-order valence-corrected chi connectivity index (χ2v) is 18.5. The van der Waals surface area contributed by atoms with Crippen molar-refractivity contribution in [3.8, 4) is 0 Å². The fraction of sp³-hybridized carbons (Fsp3) is 0.865. The van der Waals surface area contributed by atoms with E-state index in [1.807, 2.05) is 21.1 Å². The average molecular weight is 865 g/mol. The molecule has 0 aliphatic carbocycles. The van der Waals surface area contributed by atoms with Gasteiger partial charge in [0.15, 0.2) is 6.10 Å². The van der Waals surface area contributed by atoms with Gasteiger partial charge in [-0.05, 0) is 44.9 Å². The van der Waals surface area contributed by atoms with E-state index in [1.165, 1.54) is 154 Å². The Kier molecular flexibility index (Phi) is 42.8. The van der Waals surface area contributed by atoms with Crippen molar-refractivity contribution in [2.75, 3.05) is 47.5 Å². The van der Waals surface area contributed by atoms with Crippen LogP contribution in [-0.2, 0) is 33.3 Å². The van der Waals surface area contributed by atoms with E-state index in [0.29, 0.717) is 17.4 Å². The molecule has 0 aliphatic heterocycles. The van der Waals surface area contributed by atoms with Crippen LogP contribution in [0.4, 0.5) is 0 Å². The molecule has 9 nitrogen and oxygen atoms in total. The van der Waals surface area contributed by atoms with Crippen molar-refractivity contribution in [1.29, 1.82) is 0 Å². The molecule has 0 bridgehead atoms. The summed E-state index contributed by atoms with van der Waals surface area (Å²) in [6, 6.07) is 0. The zero-order valence-electron chi connectivity index (χ0n) is 40.6. The molecule has 0 saturated carbocycles. The molecule has 0 fully saturated rings. The Morgan fingerprint density at radius 3 is 1.33 bits per heavy atom. The van der Waals surface area contributed by atoms with Crippen LogP contribution in [0.1, 0.15) is 232 Å². The second kappa shape index (κ2) is 44.4. The quantitative estimate of drug-likeness (QED) is 0.0212. The van der Waals surface area contributed by atoms with Gasteiger partial charge in [0.1, 0.15) is 13.2 Å². The molecule has 0 aromatic rings. The van der Waals surface area contributed by atoms with Crippen molar-refractivity contribution < 1.29 is 42.9 Å². The minimum Gasteiger partial charge on any atom is -0.477 e. The van der Waals surface area contributed by atoms with Gasteiger partial charge in [0.2, 0.25) is 0 Å². The van der Waals surface area contributed by atoms with E-state index in [4.69, 9.17) is 18.9 Å². The Balaban J connectivity index is 4.33. The largest absolute Gasteiger partial charge is 0.477 e. The Hall–Kier alpha value is -2.23. The van der Waals surface area contributed by atoms with Crippen molar-refractivity contribution >= 4 is 17.9 Å². The maximum Gasteiger partial charge on any atom is 0.361 e. The Morgan fingerprint density at radius 1 is 0.492 bits per heavy atom. The summed E-state index contributed by atoms with van der Waals surface area (Å²) in [5.41, 5.74) is 0. The number of aliphatic carboxylic acids is 1. The summed E-state index contributed by atoms with van der Waals surface area (Å²) >= 11 is 0. The zero-order chi connectivity index (χ0) is 44.9. The number of carboxylic acid groups (broad SMARTS) is 1. The highest BCUT2D eigenvalue weighted by atomic mass is 16.7. The lowest BCUT2D eigenvalue weighted by atomic mass is 10.0. The number of esters is 2. The molecule has 2 unspecified atom stereocenters. The monoisotopic (exact) mass is 865 g/mol. The van der Waals surface area contributed by atoms with Crippen molar-refractivity contribution in [2.24, 2.45) is 0 Å². The van der Waals surface area contributed by atoms with Crippen LogP contribution in [0.25, 0.3) is 0 Å². The number of likely N-dealkylation sites (N-methyl/N-ethyl adjacent to an activating group) is 1. The van der Waals surface area contributed by atoms with Gasteiger partial charge in [-0.1, -0.05) is 199 Å². The number of allylic oxidation sites excluding steroid dienone is 4. The second-order valence-electron chi connectivity index (χ2n) is 18.5. The third-order valence-electron chi connectivity index (χ3n) is 11.2. The van der Waals surface area contributed by atoms with Crippen molar-refractivity contribution in [3.63, 3.8) is 0 Å². The SMILES string of the molecule is CCCCC/C=C\C/C=C\CCCCCCCCCCCC(=O)OC(COC(=O)CCCCCCCCCCCCCCCCCCC)COC(OCC[N+](C)(C)C)C(=O)O. The van der Waals surface area contributed by atoms with Crippen LogP contribution in [0.5, 0.6) is 0 Å². The minimum absolute atomic E-state index is 0.179. The fourth-order valence-electron chi connectivity index (χ4n) is 7.22. The van der Waals surface area contributed by atoms with Crippen LogP contribution in [0.2, 0.25) is 0 Å². The molecule has 0 aromatic heterocycles. The van der Waals surface area contributed by atoms with Gasteiger partial charge in [-0.2, -0.15) is 0 Å². The normalized spacial score (nSPS) is 13.0. The highest BCUT2D eigenvalue weighted by Crippen LogP contribution is 2.16.